The van der Waals surface area contributed by atoms with Crippen LogP contribution < -0.4 is 0 Å². The molecule has 0 saturated carbocycles. The average molecular weight is 193 g/mol. The van der Waals surface area contributed by atoms with Crippen molar-refractivity contribution in [3.8, 4) is 0 Å². The molecule has 1 saturated heterocycles. The molecule has 0 atom stereocenters. The fraction of sp³-hybridized carbons (Fsp3) is 0.800. The van der Waals surface area contributed by atoms with E-state index in [0.29, 0.717) is 0 Å². The lowest BCUT2D eigenvalue weighted by molar-refractivity contribution is -0.133. The molecule has 1 aliphatic heterocycles. The molecule has 3 nitrogen and oxygen atoms in total. The van der Waals surface area contributed by atoms with Gasteiger partial charge < -0.3 is 9.69 Å². The van der Waals surface area contributed by atoms with E-state index in [0.717, 1.165) is 31.8 Å². The molecule has 2 radical (unpaired) electrons. The average Bonchev–Trinajstić information content (AvgIpc) is 2.15. The van der Waals surface area contributed by atoms with Crippen LogP contribution in [0.5, 0.6) is 0 Å². The lowest BCUT2D eigenvalue weighted by Crippen LogP contribution is -2.38. The van der Waals surface area contributed by atoms with Crippen LogP contribution in [0.15, 0.2) is 0 Å². The Balaban J connectivity index is 2.27. The van der Waals surface area contributed by atoms with Gasteiger partial charge in [-0.3, -0.25) is 4.79 Å². The van der Waals surface area contributed by atoms with E-state index >= 15 is 0 Å². The largest absolute Gasteiger partial charge is 0.343 e. The summed E-state index contributed by atoms with van der Waals surface area (Å²) in [4.78, 5) is 23.9. The molecule has 4 heteroatoms. The summed E-state index contributed by atoms with van der Waals surface area (Å²) in [6.45, 7) is 3.86. The summed E-state index contributed by atoms with van der Waals surface area (Å²) in [5, 5.41) is 0. The Hall–Kier alpha value is -0.795. The van der Waals surface area contributed by atoms with Crippen molar-refractivity contribution in [2.75, 3.05) is 13.1 Å². The molecule has 1 heterocycles. The lowest BCUT2D eigenvalue weighted by atomic mass is 9.96. The zero-order valence-corrected chi connectivity index (χ0v) is 8.66. The standard InChI is InChI=1S/C10H16BNO2/c1-8-4-6-12(7-5-8)10(14)3-2-9(11)13/h8H,2-7H2,1H3. The molecular formula is C10H16BNO2. The van der Waals surface area contributed by atoms with Gasteiger partial charge in [0.05, 0.1) is 5.68 Å². The third-order valence-corrected chi connectivity index (χ3v) is 2.72. The molecular weight excluding hydrogens is 177 g/mol. The van der Waals surface area contributed by atoms with Gasteiger partial charge in [-0.05, 0) is 18.8 Å². The van der Waals surface area contributed by atoms with Crippen molar-refractivity contribution in [1.29, 1.82) is 0 Å². The van der Waals surface area contributed by atoms with E-state index < -0.39 is 5.68 Å². The van der Waals surface area contributed by atoms with Crippen LogP contribution in [0, 0.1) is 5.92 Å². The third kappa shape index (κ3) is 3.52. The fourth-order valence-corrected chi connectivity index (χ4v) is 1.65. The number of nitrogens with zero attached hydrogens (tertiary/aromatic N) is 1. The van der Waals surface area contributed by atoms with Gasteiger partial charge in [0.25, 0.3) is 0 Å². The van der Waals surface area contributed by atoms with Crippen LogP contribution in [0.3, 0.4) is 0 Å². The van der Waals surface area contributed by atoms with Crippen LogP contribution in [-0.4, -0.2) is 37.4 Å². The van der Waals surface area contributed by atoms with Crippen molar-refractivity contribution in [2.45, 2.75) is 32.6 Å². The van der Waals surface area contributed by atoms with E-state index in [2.05, 4.69) is 6.92 Å². The molecule has 14 heavy (non-hydrogen) atoms. The number of carbonyl (C=O) groups excluding carboxylic acids is 2. The highest BCUT2D eigenvalue weighted by molar-refractivity contribution is 6.57. The zero-order chi connectivity index (χ0) is 10.6. The third-order valence-electron chi connectivity index (χ3n) is 2.72. The Labute approximate surface area is 86.3 Å². The van der Waals surface area contributed by atoms with Crippen molar-refractivity contribution >= 4 is 19.4 Å². The summed E-state index contributed by atoms with van der Waals surface area (Å²) < 4.78 is 0. The number of carbonyl (C=O) groups is 2. The van der Waals surface area contributed by atoms with Gasteiger partial charge in [0, 0.05) is 25.9 Å². The SMILES string of the molecule is [B]C(=O)CCC(=O)N1CCC(C)CC1. The van der Waals surface area contributed by atoms with Crippen LogP contribution in [0.2, 0.25) is 0 Å². The predicted octanol–water partition coefficient (Wildman–Crippen LogP) is 0.720. The minimum Gasteiger partial charge on any atom is -0.343 e. The Bertz CT molecular complexity index is 222. The predicted molar refractivity (Wildman–Crippen MR) is 55.0 cm³/mol. The zero-order valence-electron chi connectivity index (χ0n) is 8.66. The molecule has 0 bridgehead atoms. The van der Waals surface area contributed by atoms with Gasteiger partial charge in [-0.25, -0.2) is 0 Å². The topological polar surface area (TPSA) is 37.4 Å². The summed E-state index contributed by atoms with van der Waals surface area (Å²) in [6, 6.07) is 0. The van der Waals surface area contributed by atoms with Gasteiger partial charge in [0.1, 0.15) is 0 Å². The second kappa shape index (κ2) is 5.18. The molecule has 1 fully saturated rings. The van der Waals surface area contributed by atoms with E-state index in [-0.39, 0.29) is 18.7 Å². The molecule has 0 spiro atoms. The maximum absolute atomic E-state index is 11.5. The van der Waals surface area contributed by atoms with Crippen LogP contribution in [0.25, 0.3) is 0 Å². The van der Waals surface area contributed by atoms with Gasteiger partial charge >= 0.3 is 0 Å². The fourth-order valence-electron chi connectivity index (χ4n) is 1.65. The molecule has 0 aromatic rings. The van der Waals surface area contributed by atoms with E-state index in [4.69, 9.17) is 7.85 Å². The van der Waals surface area contributed by atoms with Crippen LogP contribution in [0.4, 0.5) is 0 Å². The maximum atomic E-state index is 11.5. The Morgan fingerprint density at radius 1 is 1.29 bits per heavy atom. The number of amides is 1. The van der Waals surface area contributed by atoms with Gasteiger partial charge in [-0.2, -0.15) is 0 Å². The van der Waals surface area contributed by atoms with Crippen molar-refractivity contribution in [3.63, 3.8) is 0 Å². The highest BCUT2D eigenvalue weighted by Crippen LogP contribution is 2.16. The van der Waals surface area contributed by atoms with Crippen molar-refractivity contribution in [1.82, 2.24) is 4.90 Å². The van der Waals surface area contributed by atoms with E-state index in [1.165, 1.54) is 0 Å². The minimum absolute atomic E-state index is 0.0655. The van der Waals surface area contributed by atoms with Gasteiger partial charge in [-0.15, -0.1) is 0 Å². The Morgan fingerprint density at radius 3 is 2.36 bits per heavy atom. The minimum atomic E-state index is -0.399. The molecule has 0 N–H and O–H groups in total. The number of hydrogen-bond donors (Lipinski definition) is 0. The second-order valence-electron chi connectivity index (χ2n) is 4.03. The Morgan fingerprint density at radius 2 is 1.86 bits per heavy atom. The maximum Gasteiger partial charge on any atom is 0.222 e. The quantitative estimate of drug-likeness (QED) is 0.619. The van der Waals surface area contributed by atoms with Gasteiger partial charge in [0.15, 0.2) is 7.85 Å². The van der Waals surface area contributed by atoms with E-state index in [1.54, 1.807) is 0 Å². The van der Waals surface area contributed by atoms with Crippen molar-refractivity contribution in [3.05, 3.63) is 0 Å². The summed E-state index contributed by atoms with van der Waals surface area (Å²) in [5.74, 6) is 0.783. The summed E-state index contributed by atoms with van der Waals surface area (Å²) in [7, 11) is 4.98. The highest BCUT2D eigenvalue weighted by Gasteiger charge is 2.19. The molecule has 1 rings (SSSR count). The number of piperidine rings is 1. The van der Waals surface area contributed by atoms with Crippen LogP contribution in [0.1, 0.15) is 32.6 Å². The van der Waals surface area contributed by atoms with Gasteiger partial charge in [-0.1, -0.05) is 6.92 Å². The summed E-state index contributed by atoms with van der Waals surface area (Å²) >= 11 is 0. The first-order valence-corrected chi connectivity index (χ1v) is 5.15. The smallest absolute Gasteiger partial charge is 0.222 e. The first kappa shape index (κ1) is 11.3. The van der Waals surface area contributed by atoms with Gasteiger partial charge in [0.2, 0.25) is 5.91 Å². The molecule has 1 aliphatic rings. The normalized spacial score (nSPS) is 18.2. The summed E-state index contributed by atoms with van der Waals surface area (Å²) in [6.07, 6.45) is 2.58. The number of hydrogen-bond acceptors (Lipinski definition) is 2. The van der Waals surface area contributed by atoms with Crippen molar-refractivity contribution < 1.29 is 9.59 Å². The number of likely N-dealkylation sites (tertiary alicyclic amines) is 1. The van der Waals surface area contributed by atoms with E-state index in [9.17, 15) is 9.59 Å². The molecule has 76 valence electrons. The summed E-state index contributed by atoms with van der Waals surface area (Å²) in [5.41, 5.74) is -0.399. The molecule has 0 aromatic carbocycles. The van der Waals surface area contributed by atoms with Crippen molar-refractivity contribution in [2.24, 2.45) is 5.92 Å². The molecule has 0 unspecified atom stereocenters. The second-order valence-corrected chi connectivity index (χ2v) is 4.03. The number of rotatable bonds is 3. The highest BCUT2D eigenvalue weighted by atomic mass is 16.2. The van der Waals surface area contributed by atoms with E-state index in [1.807, 2.05) is 4.90 Å². The molecule has 0 aliphatic carbocycles. The monoisotopic (exact) mass is 193 g/mol. The molecule has 0 aromatic heterocycles. The molecule has 1 amide bonds. The van der Waals surface area contributed by atoms with Crippen LogP contribution >= 0.6 is 0 Å². The Kier molecular flexibility index (Phi) is 4.17. The van der Waals surface area contributed by atoms with Crippen LogP contribution in [-0.2, 0) is 9.59 Å². The first-order chi connectivity index (χ1) is 6.59. The first-order valence-electron chi connectivity index (χ1n) is 5.15. The lowest BCUT2D eigenvalue weighted by Gasteiger charge is -2.30.